The predicted molar refractivity (Wildman–Crippen MR) is 106 cm³/mol. The summed E-state index contributed by atoms with van der Waals surface area (Å²) in [4.78, 5) is 12.1. The number of hydrogen-bond donors (Lipinski definition) is 1. The summed E-state index contributed by atoms with van der Waals surface area (Å²) in [6.45, 7) is 6.81. The van der Waals surface area contributed by atoms with Crippen LogP contribution >= 0.6 is 15.9 Å². The number of ether oxygens (including phenoxy) is 1. The fraction of sp³-hybridized carbons (Fsp3) is 0.381. The van der Waals surface area contributed by atoms with Crippen LogP contribution in [0.25, 0.3) is 0 Å². The molecule has 0 heterocycles. The lowest BCUT2D eigenvalue weighted by Crippen LogP contribution is -2.36. The molecule has 0 spiro atoms. The van der Waals surface area contributed by atoms with Crippen molar-refractivity contribution in [3.63, 3.8) is 0 Å². The Kier molecular flexibility index (Phi) is 7.51. The van der Waals surface area contributed by atoms with Gasteiger partial charge in [0.05, 0.1) is 0 Å². The minimum absolute atomic E-state index is 0.0851. The molecule has 0 fully saturated rings. The number of aryl methyl sites for hydroxylation is 1. The largest absolute Gasteiger partial charge is 0.481 e. The van der Waals surface area contributed by atoms with E-state index >= 15 is 0 Å². The second-order valence-electron chi connectivity index (χ2n) is 6.50. The van der Waals surface area contributed by atoms with Crippen molar-refractivity contribution >= 4 is 21.8 Å². The van der Waals surface area contributed by atoms with Crippen molar-refractivity contribution in [3.05, 3.63) is 64.1 Å². The summed E-state index contributed by atoms with van der Waals surface area (Å²) in [5.41, 5.74) is 2.66. The van der Waals surface area contributed by atoms with Gasteiger partial charge in [-0.15, -0.1) is 0 Å². The van der Waals surface area contributed by atoms with Crippen LogP contribution < -0.4 is 10.1 Å². The van der Waals surface area contributed by atoms with Gasteiger partial charge in [0.1, 0.15) is 5.75 Å². The van der Waals surface area contributed by atoms with Crippen LogP contribution in [0.5, 0.6) is 5.75 Å². The number of carbonyl (C=O) groups excluding carboxylic acids is 1. The van der Waals surface area contributed by atoms with E-state index < -0.39 is 6.10 Å². The van der Waals surface area contributed by atoms with E-state index in [2.05, 4.69) is 59.4 Å². The van der Waals surface area contributed by atoms with E-state index in [0.29, 0.717) is 18.2 Å². The van der Waals surface area contributed by atoms with Gasteiger partial charge in [-0.25, -0.2) is 0 Å². The van der Waals surface area contributed by atoms with Gasteiger partial charge in [-0.2, -0.15) is 0 Å². The van der Waals surface area contributed by atoms with Crippen LogP contribution in [0.2, 0.25) is 0 Å². The van der Waals surface area contributed by atoms with Gasteiger partial charge in [0.25, 0.3) is 5.91 Å². The number of halogens is 1. The zero-order chi connectivity index (χ0) is 18.2. The molecule has 1 atom stereocenters. The van der Waals surface area contributed by atoms with Crippen molar-refractivity contribution in [2.24, 2.45) is 0 Å². The summed E-state index contributed by atoms with van der Waals surface area (Å²) >= 11 is 3.38. The van der Waals surface area contributed by atoms with Crippen molar-refractivity contribution in [2.75, 3.05) is 6.54 Å². The van der Waals surface area contributed by atoms with E-state index in [1.165, 1.54) is 11.1 Å². The third-order valence-electron chi connectivity index (χ3n) is 4.08. The van der Waals surface area contributed by atoms with E-state index in [0.717, 1.165) is 17.3 Å². The predicted octanol–water partition coefficient (Wildman–Crippen LogP) is 5.09. The van der Waals surface area contributed by atoms with Gasteiger partial charge in [0.2, 0.25) is 0 Å². The zero-order valence-corrected chi connectivity index (χ0v) is 16.7. The molecule has 4 heteroatoms. The molecule has 2 rings (SSSR count). The van der Waals surface area contributed by atoms with Crippen LogP contribution in [-0.4, -0.2) is 18.6 Å². The van der Waals surface area contributed by atoms with Crippen LogP contribution in [0, 0.1) is 0 Å². The van der Waals surface area contributed by atoms with Gasteiger partial charge in [-0.05, 0) is 61.1 Å². The van der Waals surface area contributed by atoms with Crippen LogP contribution in [0.4, 0.5) is 0 Å². The summed E-state index contributed by atoms with van der Waals surface area (Å²) in [5.74, 6) is 1.16. The van der Waals surface area contributed by atoms with E-state index in [1.807, 2.05) is 24.3 Å². The highest BCUT2D eigenvalue weighted by molar-refractivity contribution is 9.10. The van der Waals surface area contributed by atoms with Crippen LogP contribution in [0.15, 0.2) is 53.0 Å². The monoisotopic (exact) mass is 403 g/mol. The zero-order valence-electron chi connectivity index (χ0n) is 15.1. The highest BCUT2D eigenvalue weighted by atomic mass is 79.9. The molecule has 0 aromatic heterocycles. The first-order chi connectivity index (χ1) is 12.0. The molecule has 2 aromatic rings. The van der Waals surface area contributed by atoms with Gasteiger partial charge >= 0.3 is 0 Å². The molecular formula is C21H26BrNO2. The van der Waals surface area contributed by atoms with Crippen LogP contribution in [-0.2, 0) is 11.2 Å². The molecule has 0 unspecified atom stereocenters. The molecule has 0 bridgehead atoms. The Morgan fingerprint density at radius 3 is 2.28 bits per heavy atom. The van der Waals surface area contributed by atoms with Gasteiger partial charge in [0.15, 0.2) is 6.10 Å². The summed E-state index contributed by atoms with van der Waals surface area (Å²) in [7, 11) is 0. The second-order valence-corrected chi connectivity index (χ2v) is 7.42. The lowest BCUT2D eigenvalue weighted by molar-refractivity contribution is -0.127. The molecule has 2 aromatic carbocycles. The number of rotatable bonds is 8. The standard InChI is InChI=1S/C21H26BrNO2/c1-15(2)18-8-6-17(7-9-18)5-4-14-23-21(24)16(3)25-20-12-10-19(22)11-13-20/h6-13,15-16H,4-5,14H2,1-3H3,(H,23,24)/t16-/m1/s1. The first-order valence-corrected chi connectivity index (χ1v) is 9.54. The number of amides is 1. The summed E-state index contributed by atoms with van der Waals surface area (Å²) in [6.07, 6.45) is 1.37. The maximum atomic E-state index is 12.1. The number of hydrogen-bond acceptors (Lipinski definition) is 2. The molecule has 1 N–H and O–H groups in total. The number of nitrogens with one attached hydrogen (secondary N) is 1. The number of benzene rings is 2. The highest BCUT2D eigenvalue weighted by Gasteiger charge is 2.13. The van der Waals surface area contributed by atoms with Gasteiger partial charge in [-0.3, -0.25) is 4.79 Å². The smallest absolute Gasteiger partial charge is 0.260 e. The molecule has 25 heavy (non-hydrogen) atoms. The molecular weight excluding hydrogens is 378 g/mol. The third-order valence-corrected chi connectivity index (χ3v) is 4.61. The molecule has 0 aliphatic heterocycles. The molecule has 134 valence electrons. The average molecular weight is 404 g/mol. The molecule has 0 aliphatic rings. The van der Waals surface area contributed by atoms with Gasteiger partial charge in [-0.1, -0.05) is 54.0 Å². The molecule has 0 saturated heterocycles. The Hall–Kier alpha value is -1.81. The summed E-state index contributed by atoms with van der Waals surface area (Å²) in [6, 6.07) is 16.2. The van der Waals surface area contributed by atoms with Crippen molar-refractivity contribution in [3.8, 4) is 5.75 Å². The Balaban J connectivity index is 1.69. The number of carbonyl (C=O) groups is 1. The third kappa shape index (κ3) is 6.54. The second kappa shape index (κ2) is 9.62. The lowest BCUT2D eigenvalue weighted by Gasteiger charge is -2.15. The minimum atomic E-state index is -0.508. The maximum Gasteiger partial charge on any atom is 0.260 e. The van der Waals surface area contributed by atoms with E-state index in [1.54, 1.807) is 6.92 Å². The summed E-state index contributed by atoms with van der Waals surface area (Å²) in [5, 5.41) is 2.94. The Labute approximate surface area is 158 Å². The average Bonchev–Trinajstić information content (AvgIpc) is 2.60. The lowest BCUT2D eigenvalue weighted by atomic mass is 10.0. The SMILES string of the molecule is CC(C)c1ccc(CCCNC(=O)[C@@H](C)Oc2ccc(Br)cc2)cc1. The molecule has 0 aliphatic carbocycles. The van der Waals surface area contributed by atoms with E-state index in [-0.39, 0.29) is 5.91 Å². The fourth-order valence-corrected chi connectivity index (χ4v) is 2.75. The molecule has 0 radical (unpaired) electrons. The van der Waals surface area contributed by atoms with Crippen molar-refractivity contribution < 1.29 is 9.53 Å². The van der Waals surface area contributed by atoms with Gasteiger partial charge in [0, 0.05) is 11.0 Å². The molecule has 0 saturated carbocycles. The topological polar surface area (TPSA) is 38.3 Å². The fourth-order valence-electron chi connectivity index (χ4n) is 2.49. The highest BCUT2D eigenvalue weighted by Crippen LogP contribution is 2.17. The first-order valence-electron chi connectivity index (χ1n) is 8.74. The Bertz CT molecular complexity index is 665. The Morgan fingerprint density at radius 1 is 1.04 bits per heavy atom. The minimum Gasteiger partial charge on any atom is -0.481 e. The maximum absolute atomic E-state index is 12.1. The van der Waals surface area contributed by atoms with Crippen molar-refractivity contribution in [1.29, 1.82) is 0 Å². The molecule has 1 amide bonds. The van der Waals surface area contributed by atoms with Crippen molar-refractivity contribution in [1.82, 2.24) is 5.32 Å². The normalized spacial score (nSPS) is 12.0. The van der Waals surface area contributed by atoms with Crippen LogP contribution in [0.3, 0.4) is 0 Å². The Morgan fingerprint density at radius 2 is 1.68 bits per heavy atom. The summed E-state index contributed by atoms with van der Waals surface area (Å²) < 4.78 is 6.63. The van der Waals surface area contributed by atoms with Gasteiger partial charge < -0.3 is 10.1 Å². The van der Waals surface area contributed by atoms with Crippen molar-refractivity contribution in [2.45, 2.75) is 45.6 Å². The first kappa shape index (κ1) is 19.5. The molecule has 3 nitrogen and oxygen atoms in total. The van der Waals surface area contributed by atoms with E-state index in [9.17, 15) is 4.79 Å². The van der Waals surface area contributed by atoms with E-state index in [4.69, 9.17) is 4.74 Å². The van der Waals surface area contributed by atoms with Crippen LogP contribution in [0.1, 0.15) is 44.2 Å². The quantitative estimate of drug-likeness (QED) is 0.623.